The van der Waals surface area contributed by atoms with Crippen molar-refractivity contribution in [1.29, 1.82) is 0 Å². The number of aromatic nitrogens is 2. The Morgan fingerprint density at radius 1 is 1.30 bits per heavy atom. The van der Waals surface area contributed by atoms with Crippen molar-refractivity contribution in [3.05, 3.63) is 54.2 Å². The van der Waals surface area contributed by atoms with Crippen LogP contribution in [0.15, 0.2) is 54.2 Å². The van der Waals surface area contributed by atoms with Crippen LogP contribution in [0, 0.1) is 5.92 Å². The van der Waals surface area contributed by atoms with Crippen molar-refractivity contribution in [2.75, 3.05) is 5.32 Å². The van der Waals surface area contributed by atoms with E-state index in [0.29, 0.717) is 0 Å². The van der Waals surface area contributed by atoms with E-state index >= 15 is 0 Å². The molecule has 23 heavy (non-hydrogen) atoms. The summed E-state index contributed by atoms with van der Waals surface area (Å²) in [6.07, 6.45) is 11.0. The largest absolute Gasteiger partial charge is 0.325 e. The monoisotopic (exact) mass is 323 g/mol. The molecule has 1 unspecified atom stereocenters. The summed E-state index contributed by atoms with van der Waals surface area (Å²) in [5, 5.41) is 5.11. The molecule has 0 fully saturated rings. The Morgan fingerprint density at radius 3 is 3.04 bits per heavy atom. The number of benzene rings is 1. The number of hydrogen-bond donors (Lipinski definition) is 1. The van der Waals surface area contributed by atoms with Crippen molar-refractivity contribution >= 4 is 27.9 Å². The average molecular weight is 323 g/mol. The Kier molecular flexibility index (Phi) is 3.71. The van der Waals surface area contributed by atoms with Gasteiger partial charge in [0.25, 0.3) is 0 Å². The maximum Gasteiger partial charge on any atom is 0.227 e. The number of carbonyl (C=O) groups excluding carboxylic acids is 1. The maximum atomic E-state index is 12.5. The standard InChI is InChI=1S/C18H17N3OS/c22-17(13-6-2-1-3-7-13)19-15-9-5-4-8-14(15)16-12-21-10-11-23-18(21)20-16/h1-2,4-5,8-13H,3,6-7H2,(H,19,22). The number of amides is 1. The molecule has 2 heterocycles. The molecule has 1 N–H and O–H groups in total. The lowest BCUT2D eigenvalue weighted by Gasteiger charge is -2.18. The second kappa shape index (κ2) is 6.01. The highest BCUT2D eigenvalue weighted by atomic mass is 32.1. The molecule has 1 aromatic carbocycles. The van der Waals surface area contributed by atoms with Crippen molar-refractivity contribution in [2.45, 2.75) is 19.3 Å². The van der Waals surface area contributed by atoms with Crippen LogP contribution in [0.5, 0.6) is 0 Å². The third kappa shape index (κ3) is 2.80. The fourth-order valence-electron chi connectivity index (χ4n) is 2.94. The molecule has 0 saturated carbocycles. The summed E-state index contributed by atoms with van der Waals surface area (Å²) in [7, 11) is 0. The van der Waals surface area contributed by atoms with Crippen LogP contribution in [-0.4, -0.2) is 15.3 Å². The molecule has 5 heteroatoms. The molecule has 0 spiro atoms. The topological polar surface area (TPSA) is 46.4 Å². The minimum atomic E-state index is 0.0681. The van der Waals surface area contributed by atoms with Crippen LogP contribution in [0.3, 0.4) is 0 Å². The Morgan fingerprint density at radius 2 is 2.22 bits per heavy atom. The summed E-state index contributed by atoms with van der Waals surface area (Å²) in [5.74, 6) is 0.168. The van der Waals surface area contributed by atoms with E-state index in [2.05, 4.69) is 22.5 Å². The third-order valence-electron chi connectivity index (χ3n) is 4.19. The number of anilines is 1. The number of fused-ring (bicyclic) bond motifs is 1. The van der Waals surface area contributed by atoms with E-state index in [9.17, 15) is 4.79 Å². The molecule has 116 valence electrons. The molecule has 1 aliphatic rings. The van der Waals surface area contributed by atoms with Crippen LogP contribution in [0.2, 0.25) is 0 Å². The van der Waals surface area contributed by atoms with Gasteiger partial charge in [0.1, 0.15) is 0 Å². The molecule has 4 rings (SSSR count). The van der Waals surface area contributed by atoms with Crippen molar-refractivity contribution in [1.82, 2.24) is 9.38 Å². The highest BCUT2D eigenvalue weighted by Crippen LogP contribution is 2.29. The van der Waals surface area contributed by atoms with Crippen LogP contribution in [0.25, 0.3) is 16.2 Å². The Hall–Kier alpha value is -2.40. The number of allylic oxidation sites excluding steroid dienone is 2. The fraction of sp³-hybridized carbons (Fsp3) is 0.222. The van der Waals surface area contributed by atoms with Gasteiger partial charge in [-0.05, 0) is 25.3 Å². The first kappa shape index (κ1) is 14.2. The first-order valence-electron chi connectivity index (χ1n) is 7.79. The predicted molar refractivity (Wildman–Crippen MR) is 93.6 cm³/mol. The van der Waals surface area contributed by atoms with Gasteiger partial charge in [-0.2, -0.15) is 0 Å². The first-order valence-corrected chi connectivity index (χ1v) is 8.67. The molecule has 0 bridgehead atoms. The number of carbonyl (C=O) groups is 1. The molecule has 1 aliphatic carbocycles. The Bertz CT molecular complexity index is 849. The molecule has 0 aliphatic heterocycles. The van der Waals surface area contributed by atoms with E-state index < -0.39 is 0 Å². The number of thiazole rings is 1. The Labute approximate surface area is 138 Å². The van der Waals surface area contributed by atoms with E-state index in [1.54, 1.807) is 11.3 Å². The molecule has 0 radical (unpaired) electrons. The van der Waals surface area contributed by atoms with Crippen LogP contribution in [0.1, 0.15) is 19.3 Å². The zero-order valence-corrected chi connectivity index (χ0v) is 13.4. The molecule has 3 aromatic rings. The first-order chi connectivity index (χ1) is 11.3. The molecule has 0 saturated heterocycles. The van der Waals surface area contributed by atoms with Gasteiger partial charge in [0.05, 0.1) is 11.4 Å². The average Bonchev–Trinajstić information content (AvgIpc) is 3.18. The zero-order valence-electron chi connectivity index (χ0n) is 12.6. The van der Waals surface area contributed by atoms with Gasteiger partial charge < -0.3 is 5.32 Å². The zero-order chi connectivity index (χ0) is 15.6. The SMILES string of the molecule is O=C(Nc1ccccc1-c1cn2ccsc2n1)C1CC=CCC1. The van der Waals surface area contributed by atoms with Gasteiger partial charge in [-0.25, -0.2) is 4.98 Å². The van der Waals surface area contributed by atoms with E-state index in [1.165, 1.54) is 0 Å². The van der Waals surface area contributed by atoms with E-state index in [0.717, 1.165) is 41.2 Å². The van der Waals surface area contributed by atoms with Gasteiger partial charge in [-0.15, -0.1) is 11.3 Å². The minimum absolute atomic E-state index is 0.0681. The van der Waals surface area contributed by atoms with Gasteiger partial charge in [0.15, 0.2) is 4.96 Å². The Balaban J connectivity index is 1.63. The number of hydrogen-bond acceptors (Lipinski definition) is 3. The smallest absolute Gasteiger partial charge is 0.227 e. The van der Waals surface area contributed by atoms with Crippen molar-refractivity contribution < 1.29 is 4.79 Å². The summed E-state index contributed by atoms with van der Waals surface area (Å²) in [6.45, 7) is 0. The van der Waals surface area contributed by atoms with Gasteiger partial charge in [0.2, 0.25) is 5.91 Å². The molecule has 2 aromatic heterocycles. The minimum Gasteiger partial charge on any atom is -0.325 e. The van der Waals surface area contributed by atoms with Gasteiger partial charge in [-0.3, -0.25) is 9.20 Å². The lowest BCUT2D eigenvalue weighted by atomic mass is 9.93. The second-order valence-electron chi connectivity index (χ2n) is 5.74. The van der Waals surface area contributed by atoms with Crippen LogP contribution in [0.4, 0.5) is 5.69 Å². The van der Waals surface area contributed by atoms with Crippen molar-refractivity contribution in [3.63, 3.8) is 0 Å². The lowest BCUT2D eigenvalue weighted by Crippen LogP contribution is -2.23. The summed E-state index contributed by atoms with van der Waals surface area (Å²) in [4.78, 5) is 18.1. The molecular weight excluding hydrogens is 306 g/mol. The lowest BCUT2D eigenvalue weighted by molar-refractivity contribution is -0.120. The van der Waals surface area contributed by atoms with Crippen LogP contribution in [-0.2, 0) is 4.79 Å². The van der Waals surface area contributed by atoms with Gasteiger partial charge in [-0.1, -0.05) is 30.4 Å². The van der Waals surface area contributed by atoms with Crippen molar-refractivity contribution in [3.8, 4) is 11.3 Å². The van der Waals surface area contributed by atoms with E-state index in [4.69, 9.17) is 0 Å². The molecular formula is C18H17N3OS. The number of rotatable bonds is 3. The number of nitrogens with one attached hydrogen (secondary N) is 1. The summed E-state index contributed by atoms with van der Waals surface area (Å²) >= 11 is 1.60. The highest BCUT2D eigenvalue weighted by molar-refractivity contribution is 7.15. The molecule has 1 atom stereocenters. The predicted octanol–water partition coefficient (Wildman–Crippen LogP) is 4.36. The maximum absolute atomic E-state index is 12.5. The highest BCUT2D eigenvalue weighted by Gasteiger charge is 2.20. The van der Waals surface area contributed by atoms with Crippen molar-refractivity contribution in [2.24, 2.45) is 5.92 Å². The molecule has 1 amide bonds. The van der Waals surface area contributed by atoms with Gasteiger partial charge >= 0.3 is 0 Å². The summed E-state index contributed by atoms with van der Waals surface area (Å²) in [5.41, 5.74) is 2.68. The van der Waals surface area contributed by atoms with Gasteiger partial charge in [0, 0.05) is 29.3 Å². The quantitative estimate of drug-likeness (QED) is 0.728. The molecule has 4 nitrogen and oxygen atoms in total. The number of nitrogens with zero attached hydrogens (tertiary/aromatic N) is 2. The van der Waals surface area contributed by atoms with E-state index in [1.807, 2.05) is 46.4 Å². The number of para-hydroxylation sites is 1. The third-order valence-corrected chi connectivity index (χ3v) is 4.96. The summed E-state index contributed by atoms with van der Waals surface area (Å²) in [6, 6.07) is 7.86. The summed E-state index contributed by atoms with van der Waals surface area (Å²) < 4.78 is 2.00. The second-order valence-corrected chi connectivity index (χ2v) is 6.61. The fourth-order valence-corrected chi connectivity index (χ4v) is 3.64. The normalized spacial score (nSPS) is 17.5. The van der Waals surface area contributed by atoms with Crippen LogP contribution >= 0.6 is 11.3 Å². The number of imidazole rings is 1. The van der Waals surface area contributed by atoms with Crippen LogP contribution < -0.4 is 5.32 Å². The van der Waals surface area contributed by atoms with E-state index in [-0.39, 0.29) is 11.8 Å².